The van der Waals surface area contributed by atoms with E-state index in [1.54, 1.807) is 6.92 Å². The second-order valence-electron chi connectivity index (χ2n) is 6.19. The van der Waals surface area contributed by atoms with E-state index in [0.29, 0.717) is 0 Å². The zero-order valence-corrected chi connectivity index (χ0v) is 14.5. The van der Waals surface area contributed by atoms with Crippen molar-refractivity contribution in [1.82, 2.24) is 5.32 Å². The van der Waals surface area contributed by atoms with Crippen molar-refractivity contribution in [3.8, 4) is 0 Å². The lowest BCUT2D eigenvalue weighted by atomic mass is 10.0. The number of ether oxygens (including phenoxy) is 1. The molecular formula is C20H22FNO3. The highest BCUT2D eigenvalue weighted by atomic mass is 19.1. The minimum absolute atomic E-state index is 0.153. The molecule has 0 fully saturated rings. The number of amides is 1. The molecule has 2 rings (SSSR count). The standard InChI is InChI=1S/C20H22FNO3/c1-13(2)18(22-19(23)16-9-11-17(21)12-10-16)20(24)25-14(3)15-7-5-4-6-8-15/h4-14,18H,1-3H3,(H,22,23). The van der Waals surface area contributed by atoms with Gasteiger partial charge in [0.1, 0.15) is 18.0 Å². The molecule has 25 heavy (non-hydrogen) atoms. The van der Waals surface area contributed by atoms with Crippen LogP contribution in [0.3, 0.4) is 0 Å². The second-order valence-corrected chi connectivity index (χ2v) is 6.19. The summed E-state index contributed by atoms with van der Waals surface area (Å²) in [6, 6.07) is 13.7. The summed E-state index contributed by atoms with van der Waals surface area (Å²) in [4.78, 5) is 24.8. The summed E-state index contributed by atoms with van der Waals surface area (Å²) in [5.74, 6) is -1.52. The van der Waals surface area contributed by atoms with E-state index in [-0.39, 0.29) is 11.5 Å². The largest absolute Gasteiger partial charge is 0.456 e. The fourth-order valence-corrected chi connectivity index (χ4v) is 2.36. The molecule has 0 aliphatic heterocycles. The average Bonchev–Trinajstić information content (AvgIpc) is 2.60. The van der Waals surface area contributed by atoms with Gasteiger partial charge in [-0.3, -0.25) is 4.79 Å². The lowest BCUT2D eigenvalue weighted by Gasteiger charge is -2.23. The molecule has 4 nitrogen and oxygen atoms in total. The number of benzene rings is 2. The maximum atomic E-state index is 13.0. The van der Waals surface area contributed by atoms with Gasteiger partial charge in [0.2, 0.25) is 0 Å². The van der Waals surface area contributed by atoms with E-state index >= 15 is 0 Å². The van der Waals surface area contributed by atoms with Gasteiger partial charge in [-0.25, -0.2) is 9.18 Å². The van der Waals surface area contributed by atoms with Crippen LogP contribution in [0.1, 0.15) is 42.8 Å². The van der Waals surface area contributed by atoms with E-state index < -0.39 is 29.8 Å². The van der Waals surface area contributed by atoms with Gasteiger partial charge in [0.25, 0.3) is 5.91 Å². The van der Waals surface area contributed by atoms with Crippen molar-refractivity contribution in [3.63, 3.8) is 0 Å². The maximum absolute atomic E-state index is 13.0. The SMILES string of the molecule is CC(OC(=O)C(NC(=O)c1ccc(F)cc1)C(C)C)c1ccccc1. The molecule has 0 aromatic heterocycles. The van der Waals surface area contributed by atoms with Crippen molar-refractivity contribution in [2.75, 3.05) is 0 Å². The third-order valence-corrected chi connectivity index (χ3v) is 3.88. The number of esters is 1. The monoisotopic (exact) mass is 343 g/mol. The van der Waals surface area contributed by atoms with Gasteiger partial charge in [-0.15, -0.1) is 0 Å². The van der Waals surface area contributed by atoms with Crippen LogP contribution in [0.15, 0.2) is 54.6 Å². The van der Waals surface area contributed by atoms with Crippen LogP contribution in [0.2, 0.25) is 0 Å². The Morgan fingerprint density at radius 3 is 2.12 bits per heavy atom. The molecule has 0 saturated heterocycles. The fraction of sp³-hybridized carbons (Fsp3) is 0.300. The molecule has 0 saturated carbocycles. The molecule has 0 aliphatic carbocycles. The third kappa shape index (κ3) is 5.14. The molecular weight excluding hydrogens is 321 g/mol. The summed E-state index contributed by atoms with van der Waals surface area (Å²) in [5.41, 5.74) is 1.17. The van der Waals surface area contributed by atoms with Crippen molar-refractivity contribution in [1.29, 1.82) is 0 Å². The lowest BCUT2D eigenvalue weighted by molar-refractivity contribution is -0.152. The highest BCUT2D eigenvalue weighted by Gasteiger charge is 2.27. The van der Waals surface area contributed by atoms with E-state index in [1.165, 1.54) is 24.3 Å². The number of carbonyl (C=O) groups is 2. The lowest BCUT2D eigenvalue weighted by Crippen LogP contribution is -2.45. The predicted octanol–water partition coefficient (Wildman–Crippen LogP) is 3.88. The van der Waals surface area contributed by atoms with Crippen LogP contribution >= 0.6 is 0 Å². The molecule has 2 aromatic rings. The molecule has 0 aliphatic rings. The van der Waals surface area contributed by atoms with Crippen molar-refractivity contribution in [3.05, 3.63) is 71.5 Å². The topological polar surface area (TPSA) is 55.4 Å². The Bertz CT molecular complexity index is 713. The number of rotatable bonds is 6. The van der Waals surface area contributed by atoms with Crippen LogP contribution in [-0.2, 0) is 9.53 Å². The Labute approximate surface area is 147 Å². The van der Waals surface area contributed by atoms with E-state index in [9.17, 15) is 14.0 Å². The van der Waals surface area contributed by atoms with Gasteiger partial charge in [0.05, 0.1) is 0 Å². The molecule has 1 N–H and O–H groups in total. The van der Waals surface area contributed by atoms with Gasteiger partial charge < -0.3 is 10.1 Å². The zero-order valence-electron chi connectivity index (χ0n) is 14.5. The van der Waals surface area contributed by atoms with Crippen LogP contribution in [0.25, 0.3) is 0 Å². The van der Waals surface area contributed by atoms with E-state index in [0.717, 1.165) is 5.56 Å². The van der Waals surface area contributed by atoms with Gasteiger partial charge in [0.15, 0.2) is 0 Å². The highest BCUT2D eigenvalue weighted by Crippen LogP contribution is 2.18. The van der Waals surface area contributed by atoms with Crippen molar-refractivity contribution < 1.29 is 18.7 Å². The molecule has 0 bridgehead atoms. The summed E-state index contributed by atoms with van der Waals surface area (Å²) in [6.45, 7) is 5.43. The van der Waals surface area contributed by atoms with Gasteiger partial charge in [-0.2, -0.15) is 0 Å². The molecule has 2 unspecified atom stereocenters. The Morgan fingerprint density at radius 2 is 1.56 bits per heavy atom. The molecule has 5 heteroatoms. The first-order chi connectivity index (χ1) is 11.9. The summed E-state index contributed by atoms with van der Waals surface area (Å²) in [5, 5.41) is 2.67. The zero-order chi connectivity index (χ0) is 18.4. The summed E-state index contributed by atoms with van der Waals surface area (Å²) in [7, 11) is 0. The van der Waals surface area contributed by atoms with Crippen LogP contribution in [0.4, 0.5) is 4.39 Å². The summed E-state index contributed by atoms with van der Waals surface area (Å²) < 4.78 is 18.5. The van der Waals surface area contributed by atoms with Gasteiger partial charge in [0, 0.05) is 5.56 Å². The van der Waals surface area contributed by atoms with E-state index in [2.05, 4.69) is 5.32 Å². The molecule has 132 valence electrons. The van der Waals surface area contributed by atoms with Crippen LogP contribution in [0.5, 0.6) is 0 Å². The number of hydrogen-bond acceptors (Lipinski definition) is 3. The molecule has 2 atom stereocenters. The number of nitrogens with one attached hydrogen (secondary N) is 1. The Morgan fingerprint density at radius 1 is 0.960 bits per heavy atom. The minimum Gasteiger partial charge on any atom is -0.456 e. The quantitative estimate of drug-likeness (QED) is 0.810. The van der Waals surface area contributed by atoms with Gasteiger partial charge in [-0.05, 0) is 42.7 Å². The minimum atomic E-state index is -0.788. The highest BCUT2D eigenvalue weighted by molar-refractivity contribution is 5.96. The first-order valence-electron chi connectivity index (χ1n) is 8.20. The van der Waals surface area contributed by atoms with E-state index in [1.807, 2.05) is 44.2 Å². The van der Waals surface area contributed by atoms with Crippen molar-refractivity contribution >= 4 is 11.9 Å². The van der Waals surface area contributed by atoms with E-state index in [4.69, 9.17) is 4.74 Å². The molecule has 0 heterocycles. The summed E-state index contributed by atoms with van der Waals surface area (Å²) >= 11 is 0. The molecule has 2 aromatic carbocycles. The van der Waals surface area contributed by atoms with Crippen LogP contribution < -0.4 is 5.32 Å². The Kier molecular flexibility index (Phi) is 6.28. The van der Waals surface area contributed by atoms with Crippen LogP contribution in [-0.4, -0.2) is 17.9 Å². The third-order valence-electron chi connectivity index (χ3n) is 3.88. The first-order valence-corrected chi connectivity index (χ1v) is 8.20. The number of carbonyl (C=O) groups excluding carboxylic acids is 2. The van der Waals surface area contributed by atoms with Crippen molar-refractivity contribution in [2.45, 2.75) is 32.9 Å². The number of hydrogen-bond donors (Lipinski definition) is 1. The van der Waals surface area contributed by atoms with Crippen LogP contribution in [0, 0.1) is 11.7 Å². The molecule has 1 amide bonds. The molecule has 0 radical (unpaired) electrons. The van der Waals surface area contributed by atoms with Crippen molar-refractivity contribution in [2.24, 2.45) is 5.92 Å². The summed E-state index contributed by atoms with van der Waals surface area (Å²) in [6.07, 6.45) is -0.419. The fourth-order valence-electron chi connectivity index (χ4n) is 2.36. The Hall–Kier alpha value is -2.69. The second kappa shape index (κ2) is 8.42. The van der Waals surface area contributed by atoms with Gasteiger partial charge >= 0.3 is 5.97 Å². The maximum Gasteiger partial charge on any atom is 0.329 e. The Balaban J connectivity index is 2.05. The average molecular weight is 343 g/mol. The smallest absolute Gasteiger partial charge is 0.329 e. The first kappa shape index (κ1) is 18.6. The number of halogens is 1. The molecule has 0 spiro atoms. The predicted molar refractivity (Wildman–Crippen MR) is 93.4 cm³/mol. The van der Waals surface area contributed by atoms with Gasteiger partial charge in [-0.1, -0.05) is 44.2 Å². The normalized spacial score (nSPS) is 13.2.